The highest BCUT2D eigenvalue weighted by Crippen LogP contribution is 2.34. The smallest absolute Gasteiger partial charge is 0.416 e. The zero-order valence-electron chi connectivity index (χ0n) is 22.5. The molecule has 1 aromatic heterocycles. The van der Waals surface area contributed by atoms with Gasteiger partial charge in [-0.05, 0) is 42.8 Å². The Morgan fingerprint density at radius 1 is 1.05 bits per heavy atom. The van der Waals surface area contributed by atoms with Gasteiger partial charge >= 0.3 is 6.18 Å². The molecule has 1 fully saturated rings. The van der Waals surface area contributed by atoms with Crippen LogP contribution in [0.4, 0.5) is 13.2 Å². The Morgan fingerprint density at radius 2 is 1.80 bits per heavy atom. The number of carbonyl (C=O) groups is 1. The van der Waals surface area contributed by atoms with Gasteiger partial charge in [0.2, 0.25) is 0 Å². The van der Waals surface area contributed by atoms with Crippen molar-refractivity contribution in [2.45, 2.75) is 25.7 Å². The fourth-order valence-corrected chi connectivity index (χ4v) is 4.99. The Bertz CT molecular complexity index is 1520. The number of ether oxygens (including phenoxy) is 2. The third-order valence-electron chi connectivity index (χ3n) is 7.56. The van der Waals surface area contributed by atoms with Gasteiger partial charge in [-0.3, -0.25) is 9.78 Å². The molecule has 1 atom stereocenters. The van der Waals surface area contributed by atoms with Gasteiger partial charge in [-0.2, -0.15) is 13.2 Å². The number of carbonyl (C=O) groups excluding carboxylic acids is 1. The van der Waals surface area contributed by atoms with Crippen molar-refractivity contribution in [3.63, 3.8) is 0 Å². The topological polar surface area (TPSA) is 63.7 Å². The first kappa shape index (κ1) is 27.5. The molecule has 2 heterocycles. The summed E-state index contributed by atoms with van der Waals surface area (Å²) in [4.78, 5) is 20.4. The second-order valence-electron chi connectivity index (χ2n) is 9.95. The molecule has 1 N–H and O–H groups in total. The van der Waals surface area contributed by atoms with Crippen LogP contribution in [-0.4, -0.2) is 49.1 Å². The average molecular weight is 550 g/mol. The molecule has 40 heavy (non-hydrogen) atoms. The Morgan fingerprint density at radius 3 is 2.42 bits per heavy atom. The molecule has 5 rings (SSSR count). The van der Waals surface area contributed by atoms with Gasteiger partial charge in [-0.1, -0.05) is 30.3 Å². The van der Waals surface area contributed by atoms with Crippen LogP contribution in [0, 0.1) is 5.92 Å². The van der Waals surface area contributed by atoms with E-state index in [9.17, 15) is 18.0 Å². The van der Waals surface area contributed by atoms with E-state index in [0.717, 1.165) is 36.2 Å². The third kappa shape index (κ3) is 5.47. The van der Waals surface area contributed by atoms with Gasteiger partial charge in [0.25, 0.3) is 5.91 Å². The lowest BCUT2D eigenvalue weighted by Crippen LogP contribution is -2.54. The number of aromatic nitrogens is 1. The Kier molecular flexibility index (Phi) is 7.67. The number of rotatable bonds is 8. The summed E-state index contributed by atoms with van der Waals surface area (Å²) in [7, 11) is 3.18. The number of pyridine rings is 1. The summed E-state index contributed by atoms with van der Waals surface area (Å²) < 4.78 is 50.0. The SMILES string of the molecule is COc1ccc(CN(C(=O)c2cnc3c(-c4ccc(C(F)(F)F)cc4)cccc3c2)[C@@H](C)C2CNC2)c(OC)c1. The first-order chi connectivity index (χ1) is 19.2. The van der Waals surface area contributed by atoms with Gasteiger partial charge in [-0.15, -0.1) is 0 Å². The molecule has 1 aliphatic rings. The second-order valence-corrected chi connectivity index (χ2v) is 9.95. The van der Waals surface area contributed by atoms with Gasteiger partial charge in [0.1, 0.15) is 11.5 Å². The molecular weight excluding hydrogens is 519 g/mol. The number of nitrogens with zero attached hydrogens (tertiary/aromatic N) is 2. The molecule has 6 nitrogen and oxygen atoms in total. The van der Waals surface area contributed by atoms with Crippen LogP contribution in [0.3, 0.4) is 0 Å². The summed E-state index contributed by atoms with van der Waals surface area (Å²) >= 11 is 0. The van der Waals surface area contributed by atoms with E-state index in [4.69, 9.17) is 9.47 Å². The predicted octanol–water partition coefficient (Wildman–Crippen LogP) is 6.19. The van der Waals surface area contributed by atoms with Crippen LogP contribution in [0.25, 0.3) is 22.0 Å². The van der Waals surface area contributed by atoms with Crippen molar-refractivity contribution in [3.05, 3.63) is 89.6 Å². The number of fused-ring (bicyclic) bond motifs is 1. The molecule has 1 saturated heterocycles. The maximum absolute atomic E-state index is 14.0. The zero-order chi connectivity index (χ0) is 28.4. The molecule has 1 aliphatic heterocycles. The van der Waals surface area contributed by atoms with E-state index in [2.05, 4.69) is 17.2 Å². The lowest BCUT2D eigenvalue weighted by Gasteiger charge is -2.40. The van der Waals surface area contributed by atoms with Crippen molar-refractivity contribution in [1.29, 1.82) is 0 Å². The number of halogens is 3. The summed E-state index contributed by atoms with van der Waals surface area (Å²) in [6, 6.07) is 17.8. The van der Waals surface area contributed by atoms with E-state index >= 15 is 0 Å². The predicted molar refractivity (Wildman–Crippen MR) is 147 cm³/mol. The van der Waals surface area contributed by atoms with Crippen molar-refractivity contribution >= 4 is 16.8 Å². The lowest BCUT2D eigenvalue weighted by atomic mass is 9.93. The van der Waals surface area contributed by atoms with Gasteiger partial charge in [0.15, 0.2) is 0 Å². The molecule has 0 aliphatic carbocycles. The van der Waals surface area contributed by atoms with Gasteiger partial charge in [-0.25, -0.2) is 0 Å². The first-order valence-corrected chi connectivity index (χ1v) is 13.0. The number of methoxy groups -OCH3 is 2. The molecule has 0 bridgehead atoms. The molecule has 0 saturated carbocycles. The molecule has 3 aromatic carbocycles. The summed E-state index contributed by atoms with van der Waals surface area (Å²) in [6.07, 6.45) is -2.86. The highest BCUT2D eigenvalue weighted by molar-refractivity contribution is 6.00. The lowest BCUT2D eigenvalue weighted by molar-refractivity contribution is -0.137. The van der Waals surface area contributed by atoms with E-state index < -0.39 is 11.7 Å². The minimum Gasteiger partial charge on any atom is -0.497 e. The summed E-state index contributed by atoms with van der Waals surface area (Å²) in [6.45, 7) is 4.05. The molecule has 0 unspecified atom stereocenters. The summed E-state index contributed by atoms with van der Waals surface area (Å²) in [5.74, 6) is 1.45. The van der Waals surface area contributed by atoms with Crippen LogP contribution in [-0.2, 0) is 12.7 Å². The Balaban J connectivity index is 1.48. The number of amides is 1. The van der Waals surface area contributed by atoms with Crippen molar-refractivity contribution in [1.82, 2.24) is 15.2 Å². The van der Waals surface area contributed by atoms with Crippen LogP contribution < -0.4 is 14.8 Å². The van der Waals surface area contributed by atoms with Gasteiger partial charge in [0.05, 0.1) is 30.9 Å². The maximum Gasteiger partial charge on any atom is 0.416 e. The highest BCUT2D eigenvalue weighted by atomic mass is 19.4. The number of alkyl halides is 3. The van der Waals surface area contributed by atoms with E-state index in [1.165, 1.54) is 12.1 Å². The maximum atomic E-state index is 14.0. The largest absolute Gasteiger partial charge is 0.497 e. The second kappa shape index (κ2) is 11.2. The summed E-state index contributed by atoms with van der Waals surface area (Å²) in [5, 5.41) is 4.01. The Labute approximate surface area is 230 Å². The average Bonchev–Trinajstić information content (AvgIpc) is 2.93. The molecular formula is C31H30F3N3O3. The van der Waals surface area contributed by atoms with Crippen molar-refractivity contribution in [3.8, 4) is 22.6 Å². The normalized spacial score (nSPS) is 14.4. The van der Waals surface area contributed by atoms with Gasteiger partial charge < -0.3 is 19.7 Å². The fourth-order valence-electron chi connectivity index (χ4n) is 4.99. The highest BCUT2D eigenvalue weighted by Gasteiger charge is 2.33. The molecule has 0 spiro atoms. The number of para-hydroxylation sites is 1. The van der Waals surface area contributed by atoms with Crippen LogP contribution in [0.15, 0.2) is 72.9 Å². The van der Waals surface area contributed by atoms with Crippen LogP contribution in [0.5, 0.6) is 11.5 Å². The van der Waals surface area contributed by atoms with Crippen molar-refractivity contribution < 1.29 is 27.4 Å². The summed E-state index contributed by atoms with van der Waals surface area (Å²) in [5.41, 5.74) is 2.50. The van der Waals surface area contributed by atoms with E-state index in [-0.39, 0.29) is 11.9 Å². The quantitative estimate of drug-likeness (QED) is 0.284. The minimum atomic E-state index is -4.40. The van der Waals surface area contributed by atoms with Crippen LogP contribution in [0.2, 0.25) is 0 Å². The molecule has 4 aromatic rings. The van der Waals surface area contributed by atoms with E-state index in [0.29, 0.717) is 46.2 Å². The van der Waals surface area contributed by atoms with Crippen molar-refractivity contribution in [2.24, 2.45) is 5.92 Å². The number of benzene rings is 3. The number of nitrogens with one attached hydrogen (secondary N) is 1. The van der Waals surface area contributed by atoms with E-state index in [1.807, 2.05) is 35.2 Å². The number of hydrogen-bond acceptors (Lipinski definition) is 5. The number of hydrogen-bond donors (Lipinski definition) is 1. The molecule has 1 amide bonds. The van der Waals surface area contributed by atoms with Crippen LogP contribution >= 0.6 is 0 Å². The minimum absolute atomic E-state index is 0.0465. The molecule has 0 radical (unpaired) electrons. The zero-order valence-corrected chi connectivity index (χ0v) is 22.5. The first-order valence-electron chi connectivity index (χ1n) is 13.0. The van der Waals surface area contributed by atoms with Crippen molar-refractivity contribution in [2.75, 3.05) is 27.3 Å². The van der Waals surface area contributed by atoms with Crippen LogP contribution in [0.1, 0.15) is 28.4 Å². The third-order valence-corrected chi connectivity index (χ3v) is 7.56. The Hall–Kier alpha value is -4.11. The van der Waals surface area contributed by atoms with E-state index in [1.54, 1.807) is 32.5 Å². The molecule has 9 heteroatoms. The fraction of sp³-hybridized carbons (Fsp3) is 0.290. The van der Waals surface area contributed by atoms with Gasteiger partial charge in [0, 0.05) is 60.4 Å². The monoisotopic (exact) mass is 549 g/mol. The molecule has 208 valence electrons. The standard InChI is InChI=1S/C31H30F3N3O3/c1-19(24-15-35-16-24)37(18-22-9-12-26(39-2)14-28(22)40-3)30(38)23-13-21-5-4-6-27(29(21)36-17-23)20-7-10-25(11-8-20)31(32,33)34/h4-14,17,19,24,35H,15-16,18H2,1-3H3/t19-/m0/s1.